The zero-order valence-electron chi connectivity index (χ0n) is 28.8. The number of benzene rings is 2. The predicted molar refractivity (Wildman–Crippen MR) is 192 cm³/mol. The molecule has 7 heteroatoms. The van der Waals surface area contributed by atoms with Crippen LogP contribution in [-0.2, 0) is 11.3 Å². The van der Waals surface area contributed by atoms with Crippen LogP contribution in [-0.4, -0.2) is 54.4 Å². The topological polar surface area (TPSA) is 64.1 Å². The summed E-state index contributed by atoms with van der Waals surface area (Å²) in [4.78, 5) is 21.7. The van der Waals surface area contributed by atoms with E-state index in [-0.39, 0.29) is 6.09 Å². The Morgan fingerprint density at radius 2 is 1.70 bits per heavy atom. The minimum atomic E-state index is -0.513. The van der Waals surface area contributed by atoms with E-state index in [0.717, 1.165) is 58.6 Å². The average molecular weight is 636 g/mol. The van der Waals surface area contributed by atoms with Crippen molar-refractivity contribution in [1.82, 2.24) is 9.88 Å². The maximum atomic E-state index is 12.7. The molecule has 0 atom stereocenters. The number of anilines is 1. The number of rotatable bonds is 12. The van der Waals surface area contributed by atoms with E-state index in [4.69, 9.17) is 19.2 Å². The number of pyridine rings is 1. The zero-order chi connectivity index (χ0) is 33.8. The summed E-state index contributed by atoms with van der Waals surface area (Å²) in [7, 11) is 0. The Balaban J connectivity index is 1.64. The molecule has 0 spiro atoms. The molecule has 4 rings (SSSR count). The lowest BCUT2D eigenvalue weighted by Gasteiger charge is -2.37. The van der Waals surface area contributed by atoms with Gasteiger partial charge >= 0.3 is 6.09 Å². The van der Waals surface area contributed by atoms with Crippen molar-refractivity contribution in [3.05, 3.63) is 125 Å². The van der Waals surface area contributed by atoms with Crippen molar-refractivity contribution in [2.75, 3.05) is 37.7 Å². The minimum Gasteiger partial charge on any atom is -0.473 e. The molecule has 0 radical (unpaired) electrons. The largest absolute Gasteiger partial charge is 0.473 e. The molecule has 1 aliphatic rings. The van der Waals surface area contributed by atoms with Crippen LogP contribution in [0.5, 0.6) is 11.8 Å². The van der Waals surface area contributed by atoms with Gasteiger partial charge in [-0.05, 0) is 81.0 Å². The van der Waals surface area contributed by atoms with Crippen LogP contribution < -0.4 is 14.4 Å². The van der Waals surface area contributed by atoms with Gasteiger partial charge in [-0.1, -0.05) is 86.3 Å². The van der Waals surface area contributed by atoms with Crippen molar-refractivity contribution in [2.45, 2.75) is 60.2 Å². The van der Waals surface area contributed by atoms with E-state index in [9.17, 15) is 4.79 Å². The third-order valence-corrected chi connectivity index (χ3v) is 7.72. The third kappa shape index (κ3) is 9.85. The normalized spacial score (nSPS) is 14.3. The molecule has 0 saturated carbocycles. The van der Waals surface area contributed by atoms with Gasteiger partial charge in [0.1, 0.15) is 18.8 Å². The summed E-state index contributed by atoms with van der Waals surface area (Å²) in [6.45, 7) is 19.2. The van der Waals surface area contributed by atoms with E-state index >= 15 is 0 Å². The molecule has 0 unspecified atom stereocenters. The Bertz CT molecular complexity index is 1590. The van der Waals surface area contributed by atoms with Gasteiger partial charge in [0.05, 0.1) is 0 Å². The number of nitrogens with zero attached hydrogens (tertiary/aromatic N) is 3. The summed E-state index contributed by atoms with van der Waals surface area (Å²) in [5, 5.41) is 0. The average Bonchev–Trinajstić information content (AvgIpc) is 3.06. The van der Waals surface area contributed by atoms with E-state index in [1.807, 2.05) is 88.4 Å². The first kappa shape index (κ1) is 35.1. The van der Waals surface area contributed by atoms with E-state index in [2.05, 4.69) is 49.6 Å². The smallest absolute Gasteiger partial charge is 0.410 e. The van der Waals surface area contributed by atoms with Crippen molar-refractivity contribution in [2.24, 2.45) is 0 Å². The number of carbonyl (C=O) groups excluding carboxylic acids is 1. The zero-order valence-corrected chi connectivity index (χ0v) is 28.8. The second-order valence-corrected chi connectivity index (χ2v) is 12.5. The predicted octanol–water partition coefficient (Wildman–Crippen LogP) is 8.94. The highest BCUT2D eigenvalue weighted by atomic mass is 16.6. The fraction of sp³-hybridized carbons (Fsp3) is 0.350. The van der Waals surface area contributed by atoms with Gasteiger partial charge in [0.15, 0.2) is 0 Å². The van der Waals surface area contributed by atoms with Crippen LogP contribution in [0.3, 0.4) is 0 Å². The fourth-order valence-corrected chi connectivity index (χ4v) is 5.50. The molecular formula is C40H49N3O4. The molecular weight excluding hydrogens is 586 g/mol. The van der Waals surface area contributed by atoms with Crippen molar-refractivity contribution in [3.8, 4) is 11.8 Å². The second kappa shape index (κ2) is 16.7. The maximum absolute atomic E-state index is 12.7. The first-order chi connectivity index (χ1) is 22.6. The maximum Gasteiger partial charge on any atom is 0.410 e. The monoisotopic (exact) mass is 635 g/mol. The Morgan fingerprint density at radius 3 is 2.36 bits per heavy atom. The van der Waals surface area contributed by atoms with Crippen molar-refractivity contribution in [1.29, 1.82) is 0 Å². The van der Waals surface area contributed by atoms with Gasteiger partial charge in [-0.25, -0.2) is 4.79 Å². The first-order valence-corrected chi connectivity index (χ1v) is 16.4. The van der Waals surface area contributed by atoms with E-state index in [1.54, 1.807) is 11.0 Å². The number of amides is 1. The van der Waals surface area contributed by atoms with E-state index in [0.29, 0.717) is 38.1 Å². The number of hydrogen-bond donors (Lipinski definition) is 0. The minimum absolute atomic E-state index is 0.257. The molecule has 1 saturated heterocycles. The molecule has 7 nitrogen and oxygen atoms in total. The molecule has 0 aliphatic carbocycles. The highest BCUT2D eigenvalue weighted by Gasteiger charge is 2.27. The standard InChI is InChI=1S/C40H49N3O4/c1-8-15-31(16-9-2)29-46-38-35(22-23-37(41-38)45-28-32-18-12-11-13-19-32)34(17-10-3)33-20-14-21-36(30(33)4)42-24-26-43(27-25-42)39(44)47-40(5,6)7/h8-9,11-23H,1,10,24-29H2,2-7H3/b16-9-,31-15+,34-17-. The Kier molecular flexibility index (Phi) is 12.5. The molecule has 1 aliphatic heterocycles. The molecule has 0 bridgehead atoms. The Labute approximate surface area is 280 Å². The summed E-state index contributed by atoms with van der Waals surface area (Å²) in [6.07, 6.45) is 10.5. The number of aromatic nitrogens is 1. The quantitative estimate of drug-likeness (QED) is 0.185. The number of piperazine rings is 1. The number of hydrogen-bond acceptors (Lipinski definition) is 6. The molecule has 2 heterocycles. The van der Waals surface area contributed by atoms with Crippen molar-refractivity contribution in [3.63, 3.8) is 0 Å². The summed E-state index contributed by atoms with van der Waals surface area (Å²) in [5.74, 6) is 1.00. The SMILES string of the molecule is C=C/C=C(\C=C/C)COc1nc(OCc2ccccc2)ccc1/C(=C\CC)c1cccc(N2CCN(C(=O)OC(C)(C)C)CC2)c1C. The van der Waals surface area contributed by atoms with Crippen LogP contribution in [0.2, 0.25) is 0 Å². The van der Waals surface area contributed by atoms with Gasteiger partial charge < -0.3 is 24.0 Å². The first-order valence-electron chi connectivity index (χ1n) is 16.4. The Morgan fingerprint density at radius 1 is 0.957 bits per heavy atom. The van der Waals surface area contributed by atoms with Gasteiger partial charge in [-0.15, -0.1) is 0 Å². The summed E-state index contributed by atoms with van der Waals surface area (Å²) < 4.78 is 18.2. The molecule has 1 aromatic heterocycles. The summed E-state index contributed by atoms with van der Waals surface area (Å²) in [5.41, 5.74) is 6.90. The lowest BCUT2D eigenvalue weighted by molar-refractivity contribution is 0.0240. The molecule has 47 heavy (non-hydrogen) atoms. The molecule has 1 amide bonds. The summed E-state index contributed by atoms with van der Waals surface area (Å²) in [6, 6.07) is 20.4. The van der Waals surface area contributed by atoms with Crippen LogP contribution in [0, 0.1) is 6.92 Å². The number of ether oxygens (including phenoxy) is 3. The van der Waals surface area contributed by atoms with Crippen LogP contribution in [0.4, 0.5) is 10.5 Å². The molecule has 0 N–H and O–H groups in total. The molecule has 1 fully saturated rings. The van der Waals surface area contributed by atoms with Crippen molar-refractivity contribution >= 4 is 17.4 Å². The number of carbonyl (C=O) groups is 1. The van der Waals surface area contributed by atoms with Gasteiger partial charge in [0, 0.05) is 43.5 Å². The highest BCUT2D eigenvalue weighted by molar-refractivity contribution is 5.85. The van der Waals surface area contributed by atoms with Gasteiger partial charge in [-0.3, -0.25) is 0 Å². The van der Waals surface area contributed by atoms with Gasteiger partial charge in [0.25, 0.3) is 0 Å². The highest BCUT2D eigenvalue weighted by Crippen LogP contribution is 2.37. The molecule has 248 valence electrons. The summed E-state index contributed by atoms with van der Waals surface area (Å²) >= 11 is 0. The molecule has 3 aromatic rings. The second-order valence-electron chi connectivity index (χ2n) is 12.5. The van der Waals surface area contributed by atoms with Crippen molar-refractivity contribution < 1.29 is 19.0 Å². The van der Waals surface area contributed by atoms with Crippen LogP contribution in [0.25, 0.3) is 5.57 Å². The third-order valence-electron chi connectivity index (χ3n) is 7.72. The fourth-order valence-electron chi connectivity index (χ4n) is 5.50. The lowest BCUT2D eigenvalue weighted by Crippen LogP contribution is -2.50. The Hall–Kier alpha value is -4.78. The molecule has 2 aromatic carbocycles. The van der Waals surface area contributed by atoms with E-state index < -0.39 is 5.60 Å². The van der Waals surface area contributed by atoms with E-state index in [1.165, 1.54) is 0 Å². The van der Waals surface area contributed by atoms with Gasteiger partial charge in [-0.2, -0.15) is 4.98 Å². The van der Waals surface area contributed by atoms with Crippen LogP contribution >= 0.6 is 0 Å². The van der Waals surface area contributed by atoms with Gasteiger partial charge in [0.2, 0.25) is 11.8 Å². The van der Waals surface area contributed by atoms with Crippen LogP contribution in [0.15, 0.2) is 103 Å². The lowest BCUT2D eigenvalue weighted by atomic mass is 9.92. The van der Waals surface area contributed by atoms with Crippen LogP contribution in [0.1, 0.15) is 63.3 Å². The number of allylic oxidation sites excluding steroid dienone is 4.